The zero-order chi connectivity index (χ0) is 15.9. The molecule has 9 nitrogen and oxygen atoms in total. The minimum atomic E-state index is -1.25. The highest BCUT2D eigenvalue weighted by Crippen LogP contribution is 2.34. The first-order valence-electron chi connectivity index (χ1n) is 6.64. The molecule has 3 N–H and O–H groups in total. The molecule has 0 amide bonds. The Morgan fingerprint density at radius 3 is 2.77 bits per heavy atom. The van der Waals surface area contributed by atoms with E-state index in [4.69, 9.17) is 9.47 Å². The lowest BCUT2D eigenvalue weighted by atomic mass is 10.1. The second kappa shape index (κ2) is 5.61. The Kier molecular flexibility index (Phi) is 3.79. The molecule has 0 aromatic carbocycles. The molecule has 1 saturated heterocycles. The fraction of sp³-hybridized carbons (Fsp3) is 0.462. The van der Waals surface area contributed by atoms with Crippen molar-refractivity contribution in [3.63, 3.8) is 0 Å². The lowest BCUT2D eigenvalue weighted by molar-refractivity contribution is -0.0567. The molecule has 1 aliphatic heterocycles. The van der Waals surface area contributed by atoms with E-state index in [2.05, 4.69) is 21.6 Å². The first kappa shape index (κ1) is 14.9. The van der Waals surface area contributed by atoms with Crippen LogP contribution in [0.25, 0.3) is 17.1 Å². The van der Waals surface area contributed by atoms with Gasteiger partial charge >= 0.3 is 0 Å². The van der Waals surface area contributed by atoms with Crippen molar-refractivity contribution in [2.75, 3.05) is 13.7 Å². The summed E-state index contributed by atoms with van der Waals surface area (Å²) in [5, 5.41) is 34.0. The second-order valence-corrected chi connectivity index (χ2v) is 4.84. The molecule has 0 saturated carbocycles. The molecule has 3 rings (SSSR count). The molecule has 0 bridgehead atoms. The van der Waals surface area contributed by atoms with Crippen LogP contribution in [0.2, 0.25) is 0 Å². The highest BCUT2D eigenvalue weighted by molar-refractivity contribution is 5.88. The standard InChI is InChI=1S/C13H16N4O5/c1-3-6-8-11(14-5-15-12(8)21-2)17(16-6)13-10(20)9(19)7(4-18)22-13/h3,5,7,9-10,13,18-20H,1,4H2,2H3/t7-,9-,10-,13-/m1/s1. The summed E-state index contributed by atoms with van der Waals surface area (Å²) in [5.41, 5.74) is 0.835. The molecule has 1 fully saturated rings. The Balaban J connectivity index is 2.14. The van der Waals surface area contributed by atoms with Gasteiger partial charge in [-0.05, 0) is 6.08 Å². The summed E-state index contributed by atoms with van der Waals surface area (Å²) < 4.78 is 12.0. The quantitative estimate of drug-likeness (QED) is 0.663. The third-order valence-electron chi connectivity index (χ3n) is 3.63. The van der Waals surface area contributed by atoms with Gasteiger partial charge in [0.1, 0.15) is 30.0 Å². The number of aliphatic hydroxyl groups is 3. The predicted molar refractivity (Wildman–Crippen MR) is 75.0 cm³/mol. The zero-order valence-electron chi connectivity index (χ0n) is 11.8. The summed E-state index contributed by atoms with van der Waals surface area (Å²) in [7, 11) is 1.47. The third kappa shape index (κ3) is 2.06. The topological polar surface area (TPSA) is 123 Å². The Morgan fingerprint density at radius 2 is 2.18 bits per heavy atom. The normalized spacial score (nSPS) is 28.2. The fourth-order valence-corrected chi connectivity index (χ4v) is 2.53. The van der Waals surface area contributed by atoms with E-state index in [0.29, 0.717) is 22.6 Å². The van der Waals surface area contributed by atoms with Crippen molar-refractivity contribution in [3.8, 4) is 5.88 Å². The molecule has 118 valence electrons. The van der Waals surface area contributed by atoms with Crippen molar-refractivity contribution in [2.45, 2.75) is 24.5 Å². The van der Waals surface area contributed by atoms with Crippen LogP contribution in [0.15, 0.2) is 12.9 Å². The van der Waals surface area contributed by atoms with Crippen molar-refractivity contribution in [2.24, 2.45) is 0 Å². The largest absolute Gasteiger partial charge is 0.480 e. The fourth-order valence-electron chi connectivity index (χ4n) is 2.53. The lowest BCUT2D eigenvalue weighted by Crippen LogP contribution is -2.33. The van der Waals surface area contributed by atoms with Gasteiger partial charge in [0.2, 0.25) is 5.88 Å². The number of aliphatic hydroxyl groups excluding tert-OH is 3. The van der Waals surface area contributed by atoms with Crippen molar-refractivity contribution >= 4 is 17.1 Å². The van der Waals surface area contributed by atoms with Gasteiger partial charge in [-0.1, -0.05) is 6.58 Å². The van der Waals surface area contributed by atoms with Crippen LogP contribution < -0.4 is 4.74 Å². The maximum Gasteiger partial charge on any atom is 0.228 e. The van der Waals surface area contributed by atoms with Crippen LogP contribution in [0.1, 0.15) is 11.9 Å². The minimum Gasteiger partial charge on any atom is -0.480 e. The second-order valence-electron chi connectivity index (χ2n) is 4.84. The molecule has 0 spiro atoms. The van der Waals surface area contributed by atoms with E-state index in [0.717, 1.165) is 0 Å². The number of rotatable bonds is 4. The molecule has 3 heterocycles. The maximum atomic E-state index is 10.1. The molecular weight excluding hydrogens is 292 g/mol. The number of aromatic nitrogens is 4. The van der Waals surface area contributed by atoms with Gasteiger partial charge in [-0.2, -0.15) is 5.10 Å². The molecule has 0 unspecified atom stereocenters. The van der Waals surface area contributed by atoms with E-state index < -0.39 is 31.1 Å². The number of nitrogens with zero attached hydrogens (tertiary/aromatic N) is 4. The van der Waals surface area contributed by atoms with Crippen LogP contribution in [-0.4, -0.2) is 67.1 Å². The van der Waals surface area contributed by atoms with Crippen LogP contribution in [0, 0.1) is 0 Å². The van der Waals surface area contributed by atoms with E-state index in [1.165, 1.54) is 24.2 Å². The van der Waals surface area contributed by atoms with Crippen LogP contribution in [-0.2, 0) is 4.74 Å². The van der Waals surface area contributed by atoms with E-state index in [1.54, 1.807) is 0 Å². The van der Waals surface area contributed by atoms with E-state index >= 15 is 0 Å². The summed E-state index contributed by atoms with van der Waals surface area (Å²) in [4.78, 5) is 8.15. The van der Waals surface area contributed by atoms with Crippen molar-refractivity contribution in [1.29, 1.82) is 0 Å². The minimum absolute atomic E-state index is 0.317. The number of hydrogen-bond acceptors (Lipinski definition) is 8. The highest BCUT2D eigenvalue weighted by atomic mass is 16.6. The number of methoxy groups -OCH3 is 1. The molecular formula is C13H16N4O5. The van der Waals surface area contributed by atoms with Gasteiger partial charge in [0.15, 0.2) is 11.9 Å². The first-order chi connectivity index (χ1) is 10.6. The molecule has 0 aliphatic carbocycles. The van der Waals surface area contributed by atoms with Gasteiger partial charge in [-0.15, -0.1) is 0 Å². The predicted octanol–water partition coefficient (Wildman–Crippen LogP) is -0.911. The molecule has 4 atom stereocenters. The summed E-state index contributed by atoms with van der Waals surface area (Å²) in [6, 6.07) is 0. The van der Waals surface area contributed by atoms with Crippen LogP contribution in [0.3, 0.4) is 0 Å². The number of fused-ring (bicyclic) bond motifs is 1. The van der Waals surface area contributed by atoms with E-state index in [1.807, 2.05) is 0 Å². The molecule has 9 heteroatoms. The number of hydrogen-bond donors (Lipinski definition) is 3. The Hall–Kier alpha value is -2.07. The maximum absolute atomic E-state index is 10.1. The summed E-state index contributed by atoms with van der Waals surface area (Å²) in [6.45, 7) is 3.27. The molecule has 2 aromatic heterocycles. The zero-order valence-corrected chi connectivity index (χ0v) is 11.8. The average molecular weight is 308 g/mol. The van der Waals surface area contributed by atoms with Gasteiger partial charge in [0.25, 0.3) is 0 Å². The van der Waals surface area contributed by atoms with Gasteiger partial charge in [-0.25, -0.2) is 14.6 Å². The van der Waals surface area contributed by atoms with Gasteiger partial charge < -0.3 is 24.8 Å². The SMILES string of the molecule is C=Cc1nn([C@@H]2O[C@H](CO)[C@@H](O)[C@H]2O)c2ncnc(OC)c12. The Bertz CT molecular complexity index is 703. The summed E-state index contributed by atoms with van der Waals surface area (Å²) >= 11 is 0. The monoisotopic (exact) mass is 308 g/mol. The van der Waals surface area contributed by atoms with Gasteiger partial charge in [0.05, 0.1) is 19.4 Å². The third-order valence-corrected chi connectivity index (χ3v) is 3.63. The lowest BCUT2D eigenvalue weighted by Gasteiger charge is -2.15. The van der Waals surface area contributed by atoms with Crippen LogP contribution in [0.5, 0.6) is 5.88 Å². The van der Waals surface area contributed by atoms with E-state index in [9.17, 15) is 15.3 Å². The van der Waals surface area contributed by atoms with E-state index in [-0.39, 0.29) is 0 Å². The summed E-state index contributed by atoms with van der Waals surface area (Å²) in [6.07, 6.45) is -1.54. The first-order valence-corrected chi connectivity index (χ1v) is 6.64. The Labute approximate surface area is 125 Å². The molecule has 1 aliphatic rings. The molecule has 2 aromatic rings. The van der Waals surface area contributed by atoms with Crippen LogP contribution >= 0.6 is 0 Å². The number of ether oxygens (including phenoxy) is 2. The Morgan fingerprint density at radius 1 is 1.41 bits per heavy atom. The van der Waals surface area contributed by atoms with Crippen LogP contribution in [0.4, 0.5) is 0 Å². The molecule has 22 heavy (non-hydrogen) atoms. The smallest absolute Gasteiger partial charge is 0.228 e. The highest BCUT2D eigenvalue weighted by Gasteiger charge is 2.44. The summed E-state index contributed by atoms with van der Waals surface area (Å²) in [5.74, 6) is 0.317. The van der Waals surface area contributed by atoms with Gasteiger partial charge in [-0.3, -0.25) is 0 Å². The van der Waals surface area contributed by atoms with Crippen molar-refractivity contribution < 1.29 is 24.8 Å². The van der Waals surface area contributed by atoms with Gasteiger partial charge in [0, 0.05) is 0 Å². The van der Waals surface area contributed by atoms with Crippen molar-refractivity contribution in [1.82, 2.24) is 19.7 Å². The average Bonchev–Trinajstić information content (AvgIpc) is 3.06. The molecule has 0 radical (unpaired) electrons. The van der Waals surface area contributed by atoms with Crippen molar-refractivity contribution in [3.05, 3.63) is 18.6 Å².